The number of aromatic nitrogens is 2. The molecule has 0 fully saturated rings. The van der Waals surface area contributed by atoms with Gasteiger partial charge in [0.1, 0.15) is 0 Å². The molecule has 2 aromatic heterocycles. The molecule has 0 aromatic carbocycles. The van der Waals surface area contributed by atoms with Gasteiger partial charge in [-0.05, 0) is 32.3 Å². The van der Waals surface area contributed by atoms with Crippen molar-refractivity contribution in [1.82, 2.24) is 9.72 Å². The zero-order valence-electron chi connectivity index (χ0n) is 9.95. The smallest absolute Gasteiger partial charge is 0.172 e. The number of hydrogen-bond acceptors (Lipinski definition) is 2. The molecule has 2 heterocycles. The lowest BCUT2D eigenvalue weighted by Gasteiger charge is -2.19. The quantitative estimate of drug-likeness (QED) is 0.733. The molecule has 1 aliphatic carbocycles. The highest BCUT2D eigenvalue weighted by molar-refractivity contribution is 5.68. The van der Waals surface area contributed by atoms with E-state index < -0.39 is 0 Å². The van der Waals surface area contributed by atoms with Crippen molar-refractivity contribution in [3.63, 3.8) is 0 Å². The minimum atomic E-state index is 0.508. The second-order valence-electron chi connectivity index (χ2n) is 4.61. The molecule has 84 valence electrons. The molecule has 0 N–H and O–H groups in total. The first-order chi connectivity index (χ1) is 7.72. The topological polar surface area (TPSA) is 31.0 Å². The highest BCUT2D eigenvalue weighted by Crippen LogP contribution is 2.40. The zero-order chi connectivity index (χ0) is 11.3. The van der Waals surface area contributed by atoms with Gasteiger partial charge in [0.2, 0.25) is 0 Å². The van der Waals surface area contributed by atoms with Crippen LogP contribution in [0.15, 0.2) is 16.8 Å². The third-order valence-electron chi connectivity index (χ3n) is 3.60. The summed E-state index contributed by atoms with van der Waals surface area (Å²) in [6, 6.07) is 2.22. The Kier molecular flexibility index (Phi) is 1.96. The first-order valence-electron chi connectivity index (χ1n) is 5.86. The Bertz CT molecular complexity index is 536. The fraction of sp³-hybridized carbons (Fsp3) is 0.462. The van der Waals surface area contributed by atoms with Crippen molar-refractivity contribution in [2.75, 3.05) is 0 Å². The van der Waals surface area contributed by atoms with Crippen molar-refractivity contribution in [1.29, 1.82) is 0 Å². The van der Waals surface area contributed by atoms with Gasteiger partial charge < -0.3 is 9.09 Å². The Hall–Kier alpha value is -1.51. The Morgan fingerprint density at radius 2 is 2.38 bits per heavy atom. The molecule has 0 aliphatic heterocycles. The van der Waals surface area contributed by atoms with Crippen LogP contribution in [0.5, 0.6) is 0 Å². The number of rotatable bonds is 1. The second-order valence-corrected chi connectivity index (χ2v) is 4.61. The van der Waals surface area contributed by atoms with E-state index in [1.165, 1.54) is 22.5 Å². The van der Waals surface area contributed by atoms with Gasteiger partial charge in [-0.2, -0.15) is 0 Å². The molecular weight excluding hydrogens is 200 g/mol. The lowest BCUT2D eigenvalue weighted by atomic mass is 9.88. The molecule has 1 unspecified atom stereocenters. The summed E-state index contributed by atoms with van der Waals surface area (Å²) in [6.07, 6.45) is 2.95. The Labute approximate surface area is 95.1 Å². The molecule has 3 rings (SSSR count). The number of aryl methyl sites for hydroxylation is 1. The van der Waals surface area contributed by atoms with Gasteiger partial charge in [-0.3, -0.25) is 0 Å². The largest absolute Gasteiger partial charge is 0.356 e. The zero-order valence-corrected chi connectivity index (χ0v) is 9.95. The first kappa shape index (κ1) is 9.70. The van der Waals surface area contributed by atoms with Crippen LogP contribution in [-0.2, 0) is 13.0 Å². The molecule has 16 heavy (non-hydrogen) atoms. The van der Waals surface area contributed by atoms with E-state index in [0.29, 0.717) is 5.92 Å². The molecule has 3 nitrogen and oxygen atoms in total. The van der Waals surface area contributed by atoms with Crippen molar-refractivity contribution < 1.29 is 4.52 Å². The van der Waals surface area contributed by atoms with Crippen LogP contribution in [0.25, 0.3) is 11.3 Å². The molecule has 2 aromatic rings. The van der Waals surface area contributed by atoms with E-state index in [1.54, 1.807) is 0 Å². The fourth-order valence-electron chi connectivity index (χ4n) is 2.79. The predicted molar refractivity (Wildman–Crippen MR) is 62.5 cm³/mol. The molecule has 1 aliphatic rings. The molecule has 0 spiro atoms. The van der Waals surface area contributed by atoms with E-state index in [2.05, 4.69) is 36.6 Å². The van der Waals surface area contributed by atoms with Crippen LogP contribution in [-0.4, -0.2) is 9.72 Å². The van der Waals surface area contributed by atoms with Gasteiger partial charge in [0, 0.05) is 29.1 Å². The maximum atomic E-state index is 5.40. The van der Waals surface area contributed by atoms with Crippen LogP contribution in [0.2, 0.25) is 0 Å². The molecule has 0 saturated heterocycles. The van der Waals surface area contributed by atoms with Gasteiger partial charge in [-0.1, -0.05) is 12.1 Å². The second kappa shape index (κ2) is 3.24. The first-order valence-corrected chi connectivity index (χ1v) is 5.86. The van der Waals surface area contributed by atoms with Crippen molar-refractivity contribution in [3.05, 3.63) is 29.2 Å². The Morgan fingerprint density at radius 1 is 1.56 bits per heavy atom. The van der Waals surface area contributed by atoms with Gasteiger partial charge in [0.05, 0.1) is 6.20 Å². The Balaban J connectivity index is 2.27. The standard InChI is InChI=1S/C13H16N2O/c1-4-15-9(3)6-10-12(15)5-8(2)11-7-14-16-13(10)11/h6-8H,4-5H2,1-3H3. The highest BCUT2D eigenvalue weighted by atomic mass is 16.5. The molecular formula is C13H16N2O. The van der Waals surface area contributed by atoms with E-state index in [1.807, 2.05) is 6.20 Å². The van der Waals surface area contributed by atoms with Crippen molar-refractivity contribution >= 4 is 0 Å². The summed E-state index contributed by atoms with van der Waals surface area (Å²) in [5.74, 6) is 1.48. The van der Waals surface area contributed by atoms with Crippen molar-refractivity contribution in [2.45, 2.75) is 39.7 Å². The van der Waals surface area contributed by atoms with E-state index in [-0.39, 0.29) is 0 Å². The summed E-state index contributed by atoms with van der Waals surface area (Å²) < 4.78 is 7.77. The fourth-order valence-corrected chi connectivity index (χ4v) is 2.79. The van der Waals surface area contributed by atoms with Gasteiger partial charge >= 0.3 is 0 Å². The van der Waals surface area contributed by atoms with Crippen molar-refractivity contribution in [2.24, 2.45) is 0 Å². The number of nitrogens with zero attached hydrogens (tertiary/aromatic N) is 2. The third kappa shape index (κ3) is 1.11. The number of fused-ring (bicyclic) bond motifs is 3. The molecule has 0 saturated carbocycles. The van der Waals surface area contributed by atoms with E-state index in [4.69, 9.17) is 4.52 Å². The average Bonchev–Trinajstić information content (AvgIpc) is 2.82. The van der Waals surface area contributed by atoms with Crippen LogP contribution in [0.4, 0.5) is 0 Å². The third-order valence-corrected chi connectivity index (χ3v) is 3.60. The van der Waals surface area contributed by atoms with Crippen molar-refractivity contribution in [3.8, 4) is 11.3 Å². The SMILES string of the molecule is CCn1c(C)cc2c1CC(C)c1cnoc1-2. The average molecular weight is 216 g/mol. The summed E-state index contributed by atoms with van der Waals surface area (Å²) in [5.41, 5.74) is 5.20. The summed E-state index contributed by atoms with van der Waals surface area (Å²) in [6.45, 7) is 7.61. The maximum Gasteiger partial charge on any atom is 0.172 e. The molecule has 0 bridgehead atoms. The van der Waals surface area contributed by atoms with Gasteiger partial charge in [-0.25, -0.2) is 0 Å². The van der Waals surface area contributed by atoms with E-state index in [0.717, 1.165) is 18.7 Å². The normalized spacial score (nSPS) is 18.3. The molecule has 0 amide bonds. The summed E-state index contributed by atoms with van der Waals surface area (Å²) in [5, 5.41) is 3.93. The number of hydrogen-bond donors (Lipinski definition) is 0. The van der Waals surface area contributed by atoms with Gasteiger partial charge in [0.15, 0.2) is 5.76 Å². The van der Waals surface area contributed by atoms with Gasteiger partial charge in [0.25, 0.3) is 0 Å². The lowest BCUT2D eigenvalue weighted by Crippen LogP contribution is -2.11. The highest BCUT2D eigenvalue weighted by Gasteiger charge is 2.28. The predicted octanol–water partition coefficient (Wildman–Crippen LogP) is 3.13. The van der Waals surface area contributed by atoms with Crippen LogP contribution in [0.1, 0.15) is 36.7 Å². The minimum Gasteiger partial charge on any atom is -0.356 e. The monoisotopic (exact) mass is 216 g/mol. The molecule has 0 radical (unpaired) electrons. The Morgan fingerprint density at radius 3 is 3.12 bits per heavy atom. The van der Waals surface area contributed by atoms with E-state index in [9.17, 15) is 0 Å². The van der Waals surface area contributed by atoms with Crippen LogP contribution >= 0.6 is 0 Å². The summed E-state index contributed by atoms with van der Waals surface area (Å²) in [7, 11) is 0. The maximum absolute atomic E-state index is 5.40. The summed E-state index contributed by atoms with van der Waals surface area (Å²) >= 11 is 0. The lowest BCUT2D eigenvalue weighted by molar-refractivity contribution is 0.429. The van der Waals surface area contributed by atoms with Crippen LogP contribution in [0.3, 0.4) is 0 Å². The minimum absolute atomic E-state index is 0.508. The van der Waals surface area contributed by atoms with E-state index >= 15 is 0 Å². The van der Waals surface area contributed by atoms with Crippen LogP contribution < -0.4 is 0 Å². The molecule has 1 atom stereocenters. The van der Waals surface area contributed by atoms with Gasteiger partial charge in [-0.15, -0.1) is 0 Å². The molecule has 3 heteroatoms. The van der Waals surface area contributed by atoms with Crippen LogP contribution in [0, 0.1) is 6.92 Å². The summed E-state index contributed by atoms with van der Waals surface area (Å²) in [4.78, 5) is 0.